The lowest BCUT2D eigenvalue weighted by atomic mass is 9.89. The number of allylic oxidation sites excluding steroid dienone is 1. The van der Waals surface area contributed by atoms with Gasteiger partial charge in [0.25, 0.3) is 0 Å². The van der Waals surface area contributed by atoms with Gasteiger partial charge in [0.15, 0.2) is 0 Å². The van der Waals surface area contributed by atoms with E-state index in [0.717, 1.165) is 0 Å². The van der Waals surface area contributed by atoms with Crippen molar-refractivity contribution in [2.75, 3.05) is 0 Å². The number of cyclic esters (lactones) is 1. The molecule has 1 aliphatic rings. The summed E-state index contributed by atoms with van der Waals surface area (Å²) in [6.07, 6.45) is 3.85. The van der Waals surface area contributed by atoms with Crippen LogP contribution in [0.15, 0.2) is 12.3 Å². The van der Waals surface area contributed by atoms with E-state index in [-0.39, 0.29) is 11.4 Å². The molecule has 0 aromatic rings. The molecule has 0 bridgehead atoms. The molecule has 0 aromatic carbocycles. The highest BCUT2D eigenvalue weighted by atomic mass is 16.5. The Hall–Kier alpha value is -0.790. The summed E-state index contributed by atoms with van der Waals surface area (Å²) >= 11 is 0. The normalized spacial score (nSPS) is 23.6. The number of ether oxygens (including phenoxy) is 1. The van der Waals surface area contributed by atoms with Crippen LogP contribution < -0.4 is 0 Å². The van der Waals surface area contributed by atoms with E-state index in [1.807, 2.05) is 19.9 Å². The van der Waals surface area contributed by atoms with Gasteiger partial charge >= 0.3 is 5.97 Å². The van der Waals surface area contributed by atoms with Gasteiger partial charge < -0.3 is 4.74 Å². The third-order valence-corrected chi connectivity index (χ3v) is 1.32. The molecule has 0 aliphatic carbocycles. The van der Waals surface area contributed by atoms with Gasteiger partial charge in [0.1, 0.15) is 0 Å². The monoisotopic (exact) mass is 126 g/mol. The summed E-state index contributed by atoms with van der Waals surface area (Å²) in [5, 5.41) is 0. The van der Waals surface area contributed by atoms with Gasteiger partial charge in [-0.2, -0.15) is 0 Å². The van der Waals surface area contributed by atoms with Crippen LogP contribution in [0, 0.1) is 5.41 Å². The lowest BCUT2D eigenvalue weighted by molar-refractivity contribution is -0.141. The summed E-state index contributed by atoms with van der Waals surface area (Å²) in [5.74, 6) is -0.137. The fourth-order valence-corrected chi connectivity index (χ4v) is 0.767. The molecule has 0 saturated heterocycles. The van der Waals surface area contributed by atoms with E-state index >= 15 is 0 Å². The minimum absolute atomic E-state index is 0.00463. The van der Waals surface area contributed by atoms with Gasteiger partial charge in [0.05, 0.1) is 12.7 Å². The molecule has 0 spiro atoms. The average molecular weight is 126 g/mol. The quantitative estimate of drug-likeness (QED) is 0.459. The van der Waals surface area contributed by atoms with Crippen molar-refractivity contribution < 1.29 is 9.53 Å². The fourth-order valence-electron chi connectivity index (χ4n) is 0.767. The molecular weight excluding hydrogens is 116 g/mol. The Labute approximate surface area is 54.5 Å². The molecule has 9 heavy (non-hydrogen) atoms. The molecule has 0 aromatic heterocycles. The number of carbonyl (C=O) groups excluding carboxylic acids is 1. The van der Waals surface area contributed by atoms with E-state index in [1.54, 1.807) is 0 Å². The second-order valence-electron chi connectivity index (χ2n) is 2.96. The standard InChI is InChI=1S/C7H10O2/c1-7(2)3-4-9-6(8)5-7/h3-4H,5H2,1-2H3. The number of carbonyl (C=O) groups is 1. The molecule has 0 N–H and O–H groups in total. The van der Waals surface area contributed by atoms with Gasteiger partial charge in [-0.25, -0.2) is 0 Å². The summed E-state index contributed by atoms with van der Waals surface area (Å²) in [4.78, 5) is 10.6. The molecule has 0 saturated carbocycles. The van der Waals surface area contributed by atoms with Gasteiger partial charge in [-0.05, 0) is 11.5 Å². The van der Waals surface area contributed by atoms with Crippen LogP contribution in [0.3, 0.4) is 0 Å². The second kappa shape index (κ2) is 1.87. The Morgan fingerprint density at radius 3 is 2.67 bits per heavy atom. The van der Waals surface area contributed by atoms with Crippen LogP contribution in [0.4, 0.5) is 0 Å². The van der Waals surface area contributed by atoms with Crippen molar-refractivity contribution in [3.8, 4) is 0 Å². The van der Waals surface area contributed by atoms with Crippen molar-refractivity contribution in [1.82, 2.24) is 0 Å². The molecule has 1 heterocycles. The molecule has 2 heteroatoms. The van der Waals surface area contributed by atoms with Crippen LogP contribution in [0.2, 0.25) is 0 Å². The molecule has 50 valence electrons. The topological polar surface area (TPSA) is 26.3 Å². The maximum atomic E-state index is 10.6. The minimum atomic E-state index is -0.137. The Bertz CT molecular complexity index is 156. The third kappa shape index (κ3) is 1.56. The molecule has 1 aliphatic heterocycles. The molecule has 0 radical (unpaired) electrons. The summed E-state index contributed by atoms with van der Waals surface area (Å²) in [7, 11) is 0. The molecule has 1 rings (SSSR count). The van der Waals surface area contributed by atoms with Gasteiger partial charge in [0.2, 0.25) is 0 Å². The van der Waals surface area contributed by atoms with Crippen molar-refractivity contribution >= 4 is 5.97 Å². The Morgan fingerprint density at radius 1 is 1.67 bits per heavy atom. The zero-order chi connectivity index (χ0) is 6.91. The van der Waals surface area contributed by atoms with E-state index in [1.165, 1.54) is 6.26 Å². The fraction of sp³-hybridized carbons (Fsp3) is 0.571. The first-order chi connectivity index (χ1) is 4.10. The van der Waals surface area contributed by atoms with Crippen molar-refractivity contribution in [3.63, 3.8) is 0 Å². The maximum Gasteiger partial charge on any atom is 0.311 e. The lowest BCUT2D eigenvalue weighted by Gasteiger charge is -2.21. The molecule has 2 nitrogen and oxygen atoms in total. The van der Waals surface area contributed by atoms with Crippen LogP contribution in [0.1, 0.15) is 20.3 Å². The predicted octanol–water partition coefficient (Wildman–Crippen LogP) is 1.47. The zero-order valence-electron chi connectivity index (χ0n) is 5.68. The number of esters is 1. The van der Waals surface area contributed by atoms with Gasteiger partial charge in [0, 0.05) is 0 Å². The Morgan fingerprint density at radius 2 is 2.33 bits per heavy atom. The largest absolute Gasteiger partial charge is 0.435 e. The van der Waals surface area contributed by atoms with Gasteiger partial charge in [-0.3, -0.25) is 4.79 Å². The first-order valence-corrected chi connectivity index (χ1v) is 2.97. The highest BCUT2D eigenvalue weighted by Gasteiger charge is 2.22. The number of hydrogen-bond acceptors (Lipinski definition) is 2. The van der Waals surface area contributed by atoms with Crippen LogP contribution in [0.25, 0.3) is 0 Å². The number of rotatable bonds is 0. The van der Waals surface area contributed by atoms with Crippen molar-refractivity contribution in [3.05, 3.63) is 12.3 Å². The van der Waals surface area contributed by atoms with Crippen LogP contribution in [-0.2, 0) is 9.53 Å². The van der Waals surface area contributed by atoms with Crippen LogP contribution in [-0.4, -0.2) is 5.97 Å². The SMILES string of the molecule is CC1(C)C=COC(=O)C1. The van der Waals surface area contributed by atoms with E-state index in [4.69, 9.17) is 0 Å². The molecule has 0 unspecified atom stereocenters. The predicted molar refractivity (Wildman–Crippen MR) is 33.6 cm³/mol. The van der Waals surface area contributed by atoms with E-state index in [0.29, 0.717) is 6.42 Å². The second-order valence-corrected chi connectivity index (χ2v) is 2.96. The number of hydrogen-bond donors (Lipinski definition) is 0. The highest BCUT2D eigenvalue weighted by molar-refractivity contribution is 5.72. The van der Waals surface area contributed by atoms with Crippen LogP contribution >= 0.6 is 0 Å². The zero-order valence-corrected chi connectivity index (χ0v) is 5.68. The summed E-state index contributed by atoms with van der Waals surface area (Å²) in [5.41, 5.74) is -0.00463. The third-order valence-electron chi connectivity index (χ3n) is 1.32. The Kier molecular flexibility index (Phi) is 1.31. The Balaban J connectivity index is 2.71. The minimum Gasteiger partial charge on any atom is -0.435 e. The summed E-state index contributed by atoms with van der Waals surface area (Å²) in [6.45, 7) is 4.01. The lowest BCUT2D eigenvalue weighted by Crippen LogP contribution is -2.19. The smallest absolute Gasteiger partial charge is 0.311 e. The molecule has 0 amide bonds. The highest BCUT2D eigenvalue weighted by Crippen LogP contribution is 2.25. The van der Waals surface area contributed by atoms with Crippen molar-refractivity contribution in [2.24, 2.45) is 5.41 Å². The van der Waals surface area contributed by atoms with E-state index < -0.39 is 0 Å². The summed E-state index contributed by atoms with van der Waals surface area (Å²) in [6, 6.07) is 0. The molecular formula is C7H10O2. The summed E-state index contributed by atoms with van der Waals surface area (Å²) < 4.78 is 4.59. The average Bonchev–Trinajstić information content (AvgIpc) is 1.60. The van der Waals surface area contributed by atoms with Gasteiger partial charge in [-0.1, -0.05) is 13.8 Å². The van der Waals surface area contributed by atoms with E-state index in [2.05, 4.69) is 4.74 Å². The molecule has 0 atom stereocenters. The van der Waals surface area contributed by atoms with Crippen molar-refractivity contribution in [1.29, 1.82) is 0 Å². The van der Waals surface area contributed by atoms with Crippen LogP contribution in [0.5, 0.6) is 0 Å². The maximum absolute atomic E-state index is 10.6. The first-order valence-electron chi connectivity index (χ1n) is 2.97. The van der Waals surface area contributed by atoms with E-state index in [9.17, 15) is 4.79 Å². The molecule has 0 fully saturated rings. The van der Waals surface area contributed by atoms with Gasteiger partial charge in [-0.15, -0.1) is 0 Å². The van der Waals surface area contributed by atoms with Crippen molar-refractivity contribution in [2.45, 2.75) is 20.3 Å². The first kappa shape index (κ1) is 6.33.